The Bertz CT molecular complexity index is 387. The molecule has 1 aromatic rings. The highest BCUT2D eigenvalue weighted by atomic mass is 15.3. The van der Waals surface area contributed by atoms with Crippen LogP contribution in [0.1, 0.15) is 19.8 Å². The number of nitrogens with zero attached hydrogens (tertiary/aromatic N) is 2. The van der Waals surface area contributed by atoms with Gasteiger partial charge >= 0.3 is 0 Å². The first-order chi connectivity index (χ1) is 8.69. The number of nitrogens with two attached hydrogens (primary N) is 1. The van der Waals surface area contributed by atoms with Crippen LogP contribution in [0.15, 0.2) is 29.3 Å². The summed E-state index contributed by atoms with van der Waals surface area (Å²) in [6.07, 6.45) is 2.18. The highest BCUT2D eigenvalue weighted by Crippen LogP contribution is 2.23. The van der Waals surface area contributed by atoms with Gasteiger partial charge in [0.1, 0.15) is 0 Å². The highest BCUT2D eigenvalue weighted by molar-refractivity contribution is 5.96. The van der Waals surface area contributed by atoms with Crippen LogP contribution in [0, 0.1) is 0 Å². The molecule has 0 atom stereocenters. The molecule has 0 unspecified atom stereocenters. The molecule has 0 aliphatic carbocycles. The van der Waals surface area contributed by atoms with E-state index in [9.17, 15) is 0 Å². The molecule has 0 aromatic heterocycles. The number of guanidine groups is 1. The molecule has 0 aliphatic rings. The highest BCUT2D eigenvalue weighted by Gasteiger charge is 2.05. The average Bonchev–Trinajstić information content (AvgIpc) is 2.38. The van der Waals surface area contributed by atoms with Gasteiger partial charge in [0, 0.05) is 20.6 Å². The number of anilines is 2. The Labute approximate surface area is 109 Å². The van der Waals surface area contributed by atoms with Gasteiger partial charge in [0.05, 0.1) is 11.4 Å². The van der Waals surface area contributed by atoms with Crippen molar-refractivity contribution in [2.24, 2.45) is 10.8 Å². The molecule has 0 spiro atoms. The summed E-state index contributed by atoms with van der Waals surface area (Å²) < 4.78 is 0. The second kappa shape index (κ2) is 7.55. The summed E-state index contributed by atoms with van der Waals surface area (Å²) in [6.45, 7) is 2.91. The molecule has 0 heterocycles. The van der Waals surface area contributed by atoms with E-state index < -0.39 is 0 Å². The first-order valence-corrected chi connectivity index (χ1v) is 6.23. The lowest BCUT2D eigenvalue weighted by Gasteiger charge is -2.18. The summed E-state index contributed by atoms with van der Waals surface area (Å²) in [5.74, 6) is 6.07. The minimum Gasteiger partial charge on any atom is -0.376 e. The Balaban J connectivity index is 2.78. The molecule has 100 valence electrons. The van der Waals surface area contributed by atoms with Gasteiger partial charge in [-0.1, -0.05) is 25.5 Å². The van der Waals surface area contributed by atoms with E-state index in [0.29, 0.717) is 5.96 Å². The second-order valence-corrected chi connectivity index (χ2v) is 4.26. The lowest BCUT2D eigenvalue weighted by molar-refractivity contribution is 0.801. The number of benzene rings is 1. The van der Waals surface area contributed by atoms with Gasteiger partial charge in [-0.15, -0.1) is 0 Å². The molecule has 18 heavy (non-hydrogen) atoms. The van der Waals surface area contributed by atoms with E-state index in [4.69, 9.17) is 5.84 Å². The zero-order valence-electron chi connectivity index (χ0n) is 11.4. The van der Waals surface area contributed by atoms with E-state index in [1.807, 2.05) is 43.3 Å². The van der Waals surface area contributed by atoms with Crippen LogP contribution in [0.3, 0.4) is 0 Å². The van der Waals surface area contributed by atoms with Gasteiger partial charge in [0.15, 0.2) is 0 Å². The zero-order chi connectivity index (χ0) is 13.4. The normalized spacial score (nSPS) is 11.2. The number of hydrazine groups is 1. The summed E-state index contributed by atoms with van der Waals surface area (Å²) in [4.78, 5) is 6.42. The first-order valence-electron chi connectivity index (χ1n) is 6.23. The largest absolute Gasteiger partial charge is 0.376 e. The predicted octanol–water partition coefficient (Wildman–Crippen LogP) is 1.78. The third-order valence-corrected chi connectivity index (χ3v) is 2.56. The summed E-state index contributed by atoms with van der Waals surface area (Å²) in [5, 5.41) is 3.21. The molecule has 4 N–H and O–H groups in total. The number of rotatable bonds is 5. The lowest BCUT2D eigenvalue weighted by Crippen LogP contribution is -2.36. The van der Waals surface area contributed by atoms with Crippen molar-refractivity contribution in [2.75, 3.05) is 30.9 Å². The molecule has 0 radical (unpaired) electrons. The molecule has 0 amide bonds. The molecule has 0 bridgehead atoms. The number of hydrogen-bond acceptors (Lipinski definition) is 3. The van der Waals surface area contributed by atoms with Crippen LogP contribution in [0.2, 0.25) is 0 Å². The molecule has 0 fully saturated rings. The van der Waals surface area contributed by atoms with Crippen molar-refractivity contribution < 1.29 is 0 Å². The van der Waals surface area contributed by atoms with Crippen LogP contribution in [0.5, 0.6) is 0 Å². The minimum absolute atomic E-state index is 0.595. The van der Waals surface area contributed by atoms with E-state index in [1.54, 1.807) is 0 Å². The fourth-order valence-corrected chi connectivity index (χ4v) is 1.57. The van der Waals surface area contributed by atoms with Gasteiger partial charge in [-0.25, -0.2) is 5.84 Å². The van der Waals surface area contributed by atoms with Crippen molar-refractivity contribution in [1.82, 2.24) is 5.43 Å². The van der Waals surface area contributed by atoms with Crippen LogP contribution in [-0.4, -0.2) is 26.6 Å². The van der Waals surface area contributed by atoms with Gasteiger partial charge in [-0.05, 0) is 18.6 Å². The fourth-order valence-electron chi connectivity index (χ4n) is 1.57. The van der Waals surface area contributed by atoms with Crippen LogP contribution in [-0.2, 0) is 0 Å². The molecule has 1 rings (SSSR count). The number of nitrogens with one attached hydrogen (secondary N) is 2. The quantitative estimate of drug-likeness (QED) is 0.245. The smallest absolute Gasteiger partial charge is 0.210 e. The van der Waals surface area contributed by atoms with Crippen LogP contribution in [0.4, 0.5) is 11.4 Å². The lowest BCUT2D eigenvalue weighted by atomic mass is 10.2. The minimum atomic E-state index is 0.595. The fraction of sp³-hybridized carbons (Fsp3) is 0.462. The summed E-state index contributed by atoms with van der Waals surface area (Å²) in [7, 11) is 4.01. The first kappa shape index (κ1) is 14.3. The molecule has 5 heteroatoms. The monoisotopic (exact) mass is 249 g/mol. The standard InChI is InChI=1S/C13H23N5/c1-4-5-10-15-13(17-14)16-11-8-6-7-9-12(11)18(2)3/h6-9H,4-5,10,14H2,1-3H3,(H2,15,16,17). The Morgan fingerprint density at radius 1 is 1.33 bits per heavy atom. The Hall–Kier alpha value is -1.75. The molecule has 0 saturated heterocycles. The third kappa shape index (κ3) is 4.25. The van der Waals surface area contributed by atoms with Crippen LogP contribution >= 0.6 is 0 Å². The van der Waals surface area contributed by atoms with E-state index in [0.717, 1.165) is 30.8 Å². The van der Waals surface area contributed by atoms with E-state index >= 15 is 0 Å². The van der Waals surface area contributed by atoms with E-state index in [1.165, 1.54) is 0 Å². The van der Waals surface area contributed by atoms with Crippen molar-refractivity contribution in [3.8, 4) is 0 Å². The van der Waals surface area contributed by atoms with E-state index in [2.05, 4.69) is 22.7 Å². The maximum atomic E-state index is 5.47. The summed E-state index contributed by atoms with van der Waals surface area (Å²) >= 11 is 0. The van der Waals surface area contributed by atoms with Crippen LogP contribution in [0.25, 0.3) is 0 Å². The summed E-state index contributed by atoms with van der Waals surface area (Å²) in [5.41, 5.74) is 4.67. The second-order valence-electron chi connectivity index (χ2n) is 4.26. The molecule has 1 aromatic carbocycles. The molecular weight excluding hydrogens is 226 g/mol. The topological polar surface area (TPSA) is 65.7 Å². The molecule has 5 nitrogen and oxygen atoms in total. The van der Waals surface area contributed by atoms with Gasteiger partial charge in [-0.2, -0.15) is 0 Å². The number of unbranched alkanes of at least 4 members (excludes halogenated alkanes) is 1. The van der Waals surface area contributed by atoms with E-state index in [-0.39, 0.29) is 0 Å². The van der Waals surface area contributed by atoms with Gasteiger partial charge < -0.3 is 10.2 Å². The van der Waals surface area contributed by atoms with Crippen molar-refractivity contribution in [3.63, 3.8) is 0 Å². The number of para-hydroxylation sites is 2. The Morgan fingerprint density at radius 2 is 2.06 bits per heavy atom. The number of aliphatic imine (C=N–C) groups is 1. The maximum absolute atomic E-state index is 5.47. The van der Waals surface area contributed by atoms with Gasteiger partial charge in [-0.3, -0.25) is 10.4 Å². The predicted molar refractivity (Wildman–Crippen MR) is 78.9 cm³/mol. The van der Waals surface area contributed by atoms with Gasteiger partial charge in [0.2, 0.25) is 5.96 Å². The van der Waals surface area contributed by atoms with Crippen LogP contribution < -0.4 is 21.5 Å². The molecule has 0 saturated carbocycles. The van der Waals surface area contributed by atoms with Crippen molar-refractivity contribution in [1.29, 1.82) is 0 Å². The van der Waals surface area contributed by atoms with Gasteiger partial charge in [0.25, 0.3) is 0 Å². The third-order valence-electron chi connectivity index (χ3n) is 2.56. The maximum Gasteiger partial charge on any atom is 0.210 e. The Morgan fingerprint density at radius 3 is 2.67 bits per heavy atom. The molecule has 0 aliphatic heterocycles. The number of hydrogen-bond donors (Lipinski definition) is 3. The van der Waals surface area contributed by atoms with Crippen molar-refractivity contribution >= 4 is 17.3 Å². The zero-order valence-corrected chi connectivity index (χ0v) is 11.4. The van der Waals surface area contributed by atoms with Crippen molar-refractivity contribution in [2.45, 2.75) is 19.8 Å². The summed E-state index contributed by atoms with van der Waals surface area (Å²) in [6, 6.07) is 8.03. The average molecular weight is 249 g/mol. The van der Waals surface area contributed by atoms with Crippen molar-refractivity contribution in [3.05, 3.63) is 24.3 Å². The SMILES string of the molecule is CCCCN=C(NN)Nc1ccccc1N(C)C. The molecular formula is C13H23N5. The Kier molecular flexibility index (Phi) is 6.00.